The van der Waals surface area contributed by atoms with E-state index in [1.54, 1.807) is 12.1 Å². The van der Waals surface area contributed by atoms with Crippen molar-refractivity contribution in [3.05, 3.63) is 64.1 Å². The number of hydrogen-bond donors (Lipinski definition) is 1. The van der Waals surface area contributed by atoms with Crippen molar-refractivity contribution in [1.29, 1.82) is 0 Å². The number of benzene rings is 2. The number of rotatable bonds is 4. The Bertz CT molecular complexity index is 768. The van der Waals surface area contributed by atoms with Gasteiger partial charge in [0, 0.05) is 41.9 Å². The summed E-state index contributed by atoms with van der Waals surface area (Å²) in [4.78, 5) is 27.7. The van der Waals surface area contributed by atoms with Gasteiger partial charge in [0.2, 0.25) is 11.8 Å². The number of carbonyl (C=O) groups excluding carboxylic acids is 2. The molecule has 0 spiro atoms. The highest BCUT2D eigenvalue weighted by atomic mass is 79.9. The molecule has 0 aliphatic carbocycles. The van der Waals surface area contributed by atoms with E-state index in [0.717, 1.165) is 28.8 Å². The lowest BCUT2D eigenvalue weighted by atomic mass is 10.1. The van der Waals surface area contributed by atoms with Crippen LogP contribution in [-0.2, 0) is 11.2 Å². The van der Waals surface area contributed by atoms with Crippen LogP contribution in [0.25, 0.3) is 0 Å². The van der Waals surface area contributed by atoms with Crippen molar-refractivity contribution in [2.75, 3.05) is 31.1 Å². The van der Waals surface area contributed by atoms with E-state index in [9.17, 15) is 9.59 Å². The highest BCUT2D eigenvalue weighted by Crippen LogP contribution is 2.18. The Labute approximate surface area is 155 Å². The van der Waals surface area contributed by atoms with Gasteiger partial charge in [-0.3, -0.25) is 9.59 Å². The maximum absolute atomic E-state index is 12.5. The largest absolute Gasteiger partial charge is 0.368 e. The molecule has 0 unspecified atom stereocenters. The van der Waals surface area contributed by atoms with Gasteiger partial charge in [0.25, 0.3) is 0 Å². The standard InChI is InChI=1S/C19H20BrN3O2/c20-16-3-1-2-14(12-16)13-18(24)23-10-8-22(9-11-23)17-6-4-15(5-7-17)19(21)25/h1-7,12H,8-11,13H2,(H2,21,25). The van der Waals surface area contributed by atoms with Crippen LogP contribution in [0.4, 0.5) is 5.69 Å². The van der Waals surface area contributed by atoms with Crippen LogP contribution in [0.1, 0.15) is 15.9 Å². The van der Waals surface area contributed by atoms with E-state index in [1.807, 2.05) is 41.3 Å². The first kappa shape index (κ1) is 17.5. The van der Waals surface area contributed by atoms with Gasteiger partial charge in [-0.1, -0.05) is 28.1 Å². The van der Waals surface area contributed by atoms with Gasteiger partial charge in [0.05, 0.1) is 6.42 Å². The molecule has 5 nitrogen and oxygen atoms in total. The summed E-state index contributed by atoms with van der Waals surface area (Å²) in [6, 6.07) is 15.1. The van der Waals surface area contributed by atoms with Crippen molar-refractivity contribution in [2.24, 2.45) is 5.73 Å². The van der Waals surface area contributed by atoms with Gasteiger partial charge < -0.3 is 15.5 Å². The minimum absolute atomic E-state index is 0.154. The van der Waals surface area contributed by atoms with E-state index in [-0.39, 0.29) is 5.91 Å². The molecule has 2 N–H and O–H groups in total. The minimum Gasteiger partial charge on any atom is -0.368 e. The second-order valence-electron chi connectivity index (χ2n) is 6.09. The first-order chi connectivity index (χ1) is 12.0. The summed E-state index contributed by atoms with van der Waals surface area (Å²) in [7, 11) is 0. The average Bonchev–Trinajstić information content (AvgIpc) is 2.62. The predicted octanol–water partition coefficient (Wildman–Crippen LogP) is 2.44. The van der Waals surface area contributed by atoms with Gasteiger partial charge in [-0.05, 0) is 42.0 Å². The summed E-state index contributed by atoms with van der Waals surface area (Å²) in [6.07, 6.45) is 0.423. The van der Waals surface area contributed by atoms with Crippen LogP contribution in [0.3, 0.4) is 0 Å². The lowest BCUT2D eigenvalue weighted by molar-refractivity contribution is -0.130. The normalized spacial score (nSPS) is 14.4. The van der Waals surface area contributed by atoms with Crippen molar-refractivity contribution in [1.82, 2.24) is 4.90 Å². The molecule has 0 aromatic heterocycles. The zero-order valence-electron chi connectivity index (χ0n) is 13.8. The van der Waals surface area contributed by atoms with Gasteiger partial charge in [-0.25, -0.2) is 0 Å². The molecule has 3 rings (SSSR count). The number of halogens is 1. The Morgan fingerprint density at radius 2 is 1.68 bits per heavy atom. The van der Waals surface area contributed by atoms with E-state index in [1.165, 1.54) is 0 Å². The maximum Gasteiger partial charge on any atom is 0.248 e. The molecule has 1 saturated heterocycles. The lowest BCUT2D eigenvalue weighted by Gasteiger charge is -2.36. The number of nitrogens with zero attached hydrogens (tertiary/aromatic N) is 2. The SMILES string of the molecule is NC(=O)c1ccc(N2CCN(C(=O)Cc3cccc(Br)c3)CC2)cc1. The van der Waals surface area contributed by atoms with Gasteiger partial charge in [-0.15, -0.1) is 0 Å². The smallest absolute Gasteiger partial charge is 0.248 e. The van der Waals surface area contributed by atoms with Crippen molar-refractivity contribution >= 4 is 33.4 Å². The first-order valence-corrected chi connectivity index (χ1v) is 8.99. The Morgan fingerprint density at radius 3 is 2.28 bits per heavy atom. The number of anilines is 1. The van der Waals surface area contributed by atoms with Crippen LogP contribution in [0.2, 0.25) is 0 Å². The van der Waals surface area contributed by atoms with E-state index < -0.39 is 5.91 Å². The fraction of sp³-hybridized carbons (Fsp3) is 0.263. The summed E-state index contributed by atoms with van der Waals surface area (Å²) >= 11 is 3.44. The molecule has 0 saturated carbocycles. The van der Waals surface area contributed by atoms with Crippen molar-refractivity contribution in [3.8, 4) is 0 Å². The Kier molecular flexibility index (Phi) is 5.38. The number of primary amides is 1. The summed E-state index contributed by atoms with van der Waals surface area (Å²) in [5.74, 6) is -0.267. The zero-order valence-corrected chi connectivity index (χ0v) is 15.4. The molecule has 6 heteroatoms. The highest BCUT2D eigenvalue weighted by molar-refractivity contribution is 9.10. The van der Waals surface area contributed by atoms with Crippen LogP contribution in [0.15, 0.2) is 53.0 Å². The fourth-order valence-corrected chi connectivity index (χ4v) is 3.43. The third kappa shape index (κ3) is 4.39. The molecule has 1 aliphatic rings. The number of hydrogen-bond acceptors (Lipinski definition) is 3. The molecular formula is C19H20BrN3O2. The second kappa shape index (κ2) is 7.70. The monoisotopic (exact) mass is 401 g/mol. The van der Waals surface area contributed by atoms with Crippen LogP contribution < -0.4 is 10.6 Å². The van der Waals surface area contributed by atoms with Gasteiger partial charge in [-0.2, -0.15) is 0 Å². The number of carbonyl (C=O) groups is 2. The second-order valence-corrected chi connectivity index (χ2v) is 7.00. The molecule has 130 valence electrons. The molecule has 25 heavy (non-hydrogen) atoms. The van der Waals surface area contributed by atoms with Crippen LogP contribution >= 0.6 is 15.9 Å². The molecule has 1 heterocycles. The Balaban J connectivity index is 1.56. The maximum atomic E-state index is 12.5. The molecule has 0 radical (unpaired) electrons. The summed E-state index contributed by atoms with van der Waals surface area (Å²) in [5, 5.41) is 0. The first-order valence-electron chi connectivity index (χ1n) is 8.20. The molecule has 0 bridgehead atoms. The predicted molar refractivity (Wildman–Crippen MR) is 102 cm³/mol. The molecule has 2 amide bonds. The number of amides is 2. The molecule has 2 aromatic rings. The van der Waals surface area contributed by atoms with Gasteiger partial charge in [0.1, 0.15) is 0 Å². The fourth-order valence-electron chi connectivity index (χ4n) is 2.98. The summed E-state index contributed by atoms with van der Waals surface area (Å²) < 4.78 is 0.988. The van der Waals surface area contributed by atoms with Crippen LogP contribution in [0, 0.1) is 0 Å². The summed E-state index contributed by atoms with van der Waals surface area (Å²) in [6.45, 7) is 2.95. The van der Waals surface area contributed by atoms with Crippen molar-refractivity contribution < 1.29 is 9.59 Å². The van der Waals surface area contributed by atoms with Crippen molar-refractivity contribution in [2.45, 2.75) is 6.42 Å². The van der Waals surface area contributed by atoms with E-state index in [2.05, 4.69) is 20.8 Å². The Morgan fingerprint density at radius 1 is 1.00 bits per heavy atom. The molecule has 2 aromatic carbocycles. The average molecular weight is 402 g/mol. The Hall–Kier alpha value is -2.34. The van der Waals surface area contributed by atoms with E-state index in [4.69, 9.17) is 5.73 Å². The topological polar surface area (TPSA) is 66.6 Å². The van der Waals surface area contributed by atoms with Gasteiger partial charge >= 0.3 is 0 Å². The molecule has 0 atom stereocenters. The number of nitrogens with two attached hydrogens (primary N) is 1. The summed E-state index contributed by atoms with van der Waals surface area (Å²) in [5.41, 5.74) is 7.84. The molecule has 1 aliphatic heterocycles. The third-order valence-electron chi connectivity index (χ3n) is 4.39. The third-order valence-corrected chi connectivity index (χ3v) is 4.89. The van der Waals surface area contributed by atoms with Gasteiger partial charge in [0.15, 0.2) is 0 Å². The quantitative estimate of drug-likeness (QED) is 0.855. The van der Waals surface area contributed by atoms with Crippen LogP contribution in [0.5, 0.6) is 0 Å². The number of piperazine rings is 1. The highest BCUT2D eigenvalue weighted by Gasteiger charge is 2.21. The molecular weight excluding hydrogens is 382 g/mol. The lowest BCUT2D eigenvalue weighted by Crippen LogP contribution is -2.49. The van der Waals surface area contributed by atoms with E-state index in [0.29, 0.717) is 25.1 Å². The van der Waals surface area contributed by atoms with Crippen molar-refractivity contribution in [3.63, 3.8) is 0 Å². The minimum atomic E-state index is -0.422. The van der Waals surface area contributed by atoms with Crippen LogP contribution in [-0.4, -0.2) is 42.9 Å². The zero-order chi connectivity index (χ0) is 17.8. The molecule has 1 fully saturated rings. The van der Waals surface area contributed by atoms with E-state index >= 15 is 0 Å².